The van der Waals surface area contributed by atoms with Crippen molar-refractivity contribution in [1.82, 2.24) is 9.88 Å². The van der Waals surface area contributed by atoms with E-state index in [9.17, 15) is 9.59 Å². The molecular formula is C16H18N2O3S2. The van der Waals surface area contributed by atoms with Crippen LogP contribution < -0.4 is 0 Å². The fourth-order valence-electron chi connectivity index (χ4n) is 2.78. The van der Waals surface area contributed by atoms with E-state index in [1.165, 1.54) is 11.8 Å². The first-order chi connectivity index (χ1) is 11.0. The van der Waals surface area contributed by atoms with E-state index in [0.717, 1.165) is 21.0 Å². The number of carbonyl (C=O) groups is 2. The minimum absolute atomic E-state index is 0.00675. The van der Waals surface area contributed by atoms with Gasteiger partial charge in [0.05, 0.1) is 21.9 Å². The number of para-hydroxylation sites is 1. The Kier molecular flexibility index (Phi) is 4.87. The van der Waals surface area contributed by atoms with Gasteiger partial charge in [-0.3, -0.25) is 9.59 Å². The lowest BCUT2D eigenvalue weighted by molar-refractivity contribution is -0.146. The monoisotopic (exact) mass is 350 g/mol. The highest BCUT2D eigenvalue weighted by Crippen LogP contribution is 2.30. The normalized spacial score (nSPS) is 21.5. The first-order valence-electron chi connectivity index (χ1n) is 7.55. The van der Waals surface area contributed by atoms with Gasteiger partial charge in [0.1, 0.15) is 0 Å². The summed E-state index contributed by atoms with van der Waals surface area (Å²) in [5, 5.41) is 9.16. The molecule has 0 bridgehead atoms. The third kappa shape index (κ3) is 3.67. The van der Waals surface area contributed by atoms with Gasteiger partial charge in [-0.05, 0) is 31.9 Å². The van der Waals surface area contributed by atoms with Crippen LogP contribution in [0.2, 0.25) is 0 Å². The van der Waals surface area contributed by atoms with Crippen molar-refractivity contribution < 1.29 is 14.7 Å². The van der Waals surface area contributed by atoms with Gasteiger partial charge in [0.2, 0.25) is 5.91 Å². The second-order valence-corrected chi connectivity index (χ2v) is 8.00. The number of hydrogen-bond acceptors (Lipinski definition) is 5. The largest absolute Gasteiger partial charge is 0.481 e. The molecule has 0 radical (unpaired) electrons. The molecule has 2 aromatic rings. The van der Waals surface area contributed by atoms with E-state index in [4.69, 9.17) is 5.11 Å². The topological polar surface area (TPSA) is 70.5 Å². The molecule has 7 heteroatoms. The van der Waals surface area contributed by atoms with Crippen LogP contribution in [0.1, 0.15) is 19.8 Å². The van der Waals surface area contributed by atoms with Crippen molar-refractivity contribution in [1.29, 1.82) is 0 Å². The number of thiazole rings is 1. The zero-order chi connectivity index (χ0) is 16.4. The molecule has 0 spiro atoms. The zero-order valence-corrected chi connectivity index (χ0v) is 14.4. The SMILES string of the molecule is CC1CCC(C(=O)O)CN1C(=O)CSc1nc2ccccc2s1. The standard InChI is InChI=1S/C16H18N2O3S2/c1-10-6-7-11(15(20)21)8-18(10)14(19)9-22-16-17-12-4-2-3-5-13(12)23-16/h2-5,10-11H,6-9H2,1H3,(H,20,21). The van der Waals surface area contributed by atoms with Crippen LogP contribution in [-0.2, 0) is 9.59 Å². The Labute approximate surface area is 142 Å². The van der Waals surface area contributed by atoms with Gasteiger partial charge in [-0.25, -0.2) is 4.98 Å². The summed E-state index contributed by atoms with van der Waals surface area (Å²) in [6.45, 7) is 2.30. The summed E-state index contributed by atoms with van der Waals surface area (Å²) in [6.07, 6.45) is 1.39. The number of nitrogens with zero attached hydrogens (tertiary/aromatic N) is 2. The van der Waals surface area contributed by atoms with Gasteiger partial charge >= 0.3 is 5.97 Å². The van der Waals surface area contributed by atoms with Crippen molar-refractivity contribution in [3.63, 3.8) is 0 Å². The van der Waals surface area contributed by atoms with Gasteiger partial charge in [0.25, 0.3) is 0 Å². The fraction of sp³-hybridized carbons (Fsp3) is 0.438. The van der Waals surface area contributed by atoms with Crippen molar-refractivity contribution in [2.45, 2.75) is 30.1 Å². The Morgan fingerprint density at radius 1 is 1.39 bits per heavy atom. The molecule has 2 heterocycles. The van der Waals surface area contributed by atoms with Gasteiger partial charge in [0, 0.05) is 12.6 Å². The predicted octanol–water partition coefficient (Wildman–Crippen LogP) is 3.10. The third-order valence-corrected chi connectivity index (χ3v) is 6.31. The van der Waals surface area contributed by atoms with E-state index < -0.39 is 11.9 Å². The molecular weight excluding hydrogens is 332 g/mol. The molecule has 1 N–H and O–H groups in total. The molecule has 0 aliphatic carbocycles. The van der Waals surface area contributed by atoms with Gasteiger partial charge in [-0.1, -0.05) is 23.9 Å². The van der Waals surface area contributed by atoms with Crippen molar-refractivity contribution in [2.75, 3.05) is 12.3 Å². The van der Waals surface area contributed by atoms with Crippen LogP contribution in [0.5, 0.6) is 0 Å². The maximum Gasteiger partial charge on any atom is 0.308 e. The maximum absolute atomic E-state index is 12.5. The first-order valence-corrected chi connectivity index (χ1v) is 9.35. The molecule has 1 saturated heterocycles. The lowest BCUT2D eigenvalue weighted by Crippen LogP contribution is -2.48. The molecule has 0 saturated carbocycles. The highest BCUT2D eigenvalue weighted by atomic mass is 32.2. The second-order valence-electron chi connectivity index (χ2n) is 5.74. The summed E-state index contributed by atoms with van der Waals surface area (Å²) >= 11 is 3.01. The molecule has 122 valence electrons. The summed E-state index contributed by atoms with van der Waals surface area (Å²) < 4.78 is 1.98. The molecule has 3 rings (SSSR count). The number of carboxylic acids is 1. The van der Waals surface area contributed by atoms with Crippen LogP contribution in [0.25, 0.3) is 10.2 Å². The minimum Gasteiger partial charge on any atom is -0.481 e. The first kappa shape index (κ1) is 16.3. The number of aromatic nitrogens is 1. The summed E-state index contributed by atoms with van der Waals surface area (Å²) in [4.78, 5) is 29.8. The van der Waals surface area contributed by atoms with E-state index >= 15 is 0 Å². The fourth-order valence-corrected chi connectivity index (χ4v) is 4.73. The molecule has 23 heavy (non-hydrogen) atoms. The van der Waals surface area contributed by atoms with Gasteiger partial charge in [-0.2, -0.15) is 0 Å². The maximum atomic E-state index is 12.5. The predicted molar refractivity (Wildman–Crippen MR) is 91.9 cm³/mol. The summed E-state index contributed by atoms with van der Waals surface area (Å²) in [6, 6.07) is 8.00. The number of benzene rings is 1. The lowest BCUT2D eigenvalue weighted by Gasteiger charge is -2.36. The van der Waals surface area contributed by atoms with E-state index in [-0.39, 0.29) is 11.9 Å². The Balaban J connectivity index is 1.62. The highest BCUT2D eigenvalue weighted by Gasteiger charge is 2.32. The van der Waals surface area contributed by atoms with Crippen LogP contribution in [0.3, 0.4) is 0 Å². The number of carboxylic acid groups (broad SMARTS) is 1. The average molecular weight is 350 g/mol. The van der Waals surface area contributed by atoms with Crippen molar-refractivity contribution in [3.05, 3.63) is 24.3 Å². The van der Waals surface area contributed by atoms with Crippen LogP contribution in [0, 0.1) is 5.92 Å². The molecule has 1 fully saturated rings. The Bertz CT molecular complexity index is 698. The third-order valence-electron chi connectivity index (χ3n) is 4.15. The molecule has 2 unspecified atom stereocenters. The van der Waals surface area contributed by atoms with Crippen molar-refractivity contribution >= 4 is 45.2 Å². The number of hydrogen-bond donors (Lipinski definition) is 1. The molecule has 1 aliphatic rings. The van der Waals surface area contributed by atoms with E-state index in [0.29, 0.717) is 18.7 Å². The minimum atomic E-state index is -0.812. The average Bonchev–Trinajstić information content (AvgIpc) is 2.95. The molecule has 1 aromatic carbocycles. The summed E-state index contributed by atoms with van der Waals surface area (Å²) in [5.74, 6) is -0.958. The smallest absolute Gasteiger partial charge is 0.308 e. The number of carbonyl (C=O) groups excluding carboxylic acids is 1. The number of aliphatic carboxylic acids is 1. The van der Waals surface area contributed by atoms with Crippen LogP contribution >= 0.6 is 23.1 Å². The van der Waals surface area contributed by atoms with Crippen LogP contribution in [0.15, 0.2) is 28.6 Å². The van der Waals surface area contributed by atoms with Crippen molar-refractivity contribution in [2.24, 2.45) is 5.92 Å². The van der Waals surface area contributed by atoms with Crippen LogP contribution in [-0.4, -0.2) is 45.2 Å². The lowest BCUT2D eigenvalue weighted by atomic mass is 9.93. The number of rotatable bonds is 4. The Morgan fingerprint density at radius 2 is 2.17 bits per heavy atom. The Hall–Kier alpha value is -1.60. The molecule has 1 aromatic heterocycles. The van der Waals surface area contributed by atoms with Crippen molar-refractivity contribution in [3.8, 4) is 0 Å². The van der Waals surface area contributed by atoms with Gasteiger partial charge in [0.15, 0.2) is 4.34 Å². The number of thioether (sulfide) groups is 1. The molecule has 2 atom stereocenters. The number of likely N-dealkylation sites (tertiary alicyclic amines) is 1. The molecule has 1 amide bonds. The highest BCUT2D eigenvalue weighted by molar-refractivity contribution is 8.01. The van der Waals surface area contributed by atoms with Gasteiger partial charge < -0.3 is 10.0 Å². The van der Waals surface area contributed by atoms with E-state index in [1.54, 1.807) is 16.2 Å². The second kappa shape index (κ2) is 6.88. The quantitative estimate of drug-likeness (QED) is 0.858. The summed E-state index contributed by atoms with van der Waals surface area (Å²) in [7, 11) is 0. The van der Waals surface area contributed by atoms with Crippen LogP contribution in [0.4, 0.5) is 0 Å². The van der Waals surface area contributed by atoms with E-state index in [2.05, 4.69) is 4.98 Å². The summed E-state index contributed by atoms with van der Waals surface area (Å²) in [5.41, 5.74) is 0.949. The van der Waals surface area contributed by atoms with E-state index in [1.807, 2.05) is 31.2 Å². The zero-order valence-electron chi connectivity index (χ0n) is 12.8. The Morgan fingerprint density at radius 3 is 2.91 bits per heavy atom. The molecule has 5 nitrogen and oxygen atoms in total. The number of fused-ring (bicyclic) bond motifs is 1. The number of amides is 1. The molecule has 1 aliphatic heterocycles. The van der Waals surface area contributed by atoms with Gasteiger partial charge in [-0.15, -0.1) is 11.3 Å². The number of piperidine rings is 1.